The number of nitrogens with zero attached hydrogens (tertiary/aromatic N) is 1. The van der Waals surface area contributed by atoms with Crippen LogP contribution >= 0.6 is 11.3 Å². The standard InChI is InChI=1S/C22H28N4OS/c1-14(15-9-7-6-8-10-15)24-13-18(27)25-20-17(12-23)16-11-21(2,3)26-22(4,5)19(16)28-20/h6-10,14,24,26H,11,13H2,1-5H3,(H,25,27)/p+2/t14-/m0/s1. The second-order valence-electron chi connectivity index (χ2n) is 8.94. The van der Waals surface area contributed by atoms with Crippen molar-refractivity contribution in [1.29, 1.82) is 5.26 Å². The van der Waals surface area contributed by atoms with Crippen molar-refractivity contribution in [2.45, 2.75) is 58.2 Å². The topological polar surface area (TPSA) is 86.1 Å². The van der Waals surface area contributed by atoms with Crippen molar-refractivity contribution < 1.29 is 15.4 Å². The van der Waals surface area contributed by atoms with Gasteiger partial charge < -0.3 is 16.0 Å². The van der Waals surface area contributed by atoms with E-state index in [1.165, 1.54) is 10.4 Å². The molecule has 1 aromatic carbocycles. The summed E-state index contributed by atoms with van der Waals surface area (Å²) in [4.78, 5) is 13.8. The molecule has 6 heteroatoms. The minimum absolute atomic E-state index is 0.0311. The maximum absolute atomic E-state index is 12.6. The highest BCUT2D eigenvalue weighted by Crippen LogP contribution is 2.41. The maximum atomic E-state index is 12.6. The molecule has 0 saturated heterocycles. The molecule has 0 radical (unpaired) electrons. The van der Waals surface area contributed by atoms with Gasteiger partial charge in [-0.3, -0.25) is 4.79 Å². The first-order valence-electron chi connectivity index (χ1n) is 9.74. The molecule has 0 aliphatic carbocycles. The molecular formula is C22H30N4OS+2. The van der Waals surface area contributed by atoms with Crippen molar-refractivity contribution in [2.75, 3.05) is 11.9 Å². The molecule has 0 spiro atoms. The molecule has 1 amide bonds. The summed E-state index contributed by atoms with van der Waals surface area (Å²) in [6.45, 7) is 11.2. The normalized spacial score (nSPS) is 18.0. The number of quaternary nitrogens is 2. The Hall–Kier alpha value is -2.20. The van der Waals surface area contributed by atoms with Gasteiger partial charge in [0.25, 0.3) is 5.91 Å². The van der Waals surface area contributed by atoms with E-state index < -0.39 is 0 Å². The van der Waals surface area contributed by atoms with E-state index in [1.807, 2.05) is 23.5 Å². The lowest BCUT2D eigenvalue weighted by molar-refractivity contribution is -0.789. The fourth-order valence-electron chi connectivity index (χ4n) is 4.26. The van der Waals surface area contributed by atoms with E-state index in [9.17, 15) is 10.1 Å². The third-order valence-electron chi connectivity index (χ3n) is 5.32. The zero-order chi connectivity index (χ0) is 20.5. The number of hydrogen-bond acceptors (Lipinski definition) is 3. The van der Waals surface area contributed by atoms with Gasteiger partial charge in [-0.1, -0.05) is 30.3 Å². The van der Waals surface area contributed by atoms with Crippen LogP contribution in [0.4, 0.5) is 5.00 Å². The summed E-state index contributed by atoms with van der Waals surface area (Å²) in [5, 5.41) is 17.8. The summed E-state index contributed by atoms with van der Waals surface area (Å²) in [6, 6.07) is 12.7. The summed E-state index contributed by atoms with van der Waals surface area (Å²) in [5.74, 6) is -0.0704. The van der Waals surface area contributed by atoms with Gasteiger partial charge in [-0.25, -0.2) is 0 Å². The third-order valence-corrected chi connectivity index (χ3v) is 6.81. The molecule has 0 saturated carbocycles. The number of nitrogens with two attached hydrogens (primary N) is 2. The number of carbonyl (C=O) groups is 1. The zero-order valence-corrected chi connectivity index (χ0v) is 18.1. The zero-order valence-electron chi connectivity index (χ0n) is 17.3. The minimum Gasteiger partial charge on any atom is -0.333 e. The van der Waals surface area contributed by atoms with Crippen molar-refractivity contribution >= 4 is 22.2 Å². The van der Waals surface area contributed by atoms with Gasteiger partial charge in [0.1, 0.15) is 22.7 Å². The van der Waals surface area contributed by atoms with E-state index in [0.717, 1.165) is 12.0 Å². The molecule has 5 N–H and O–H groups in total. The van der Waals surface area contributed by atoms with Gasteiger partial charge in [0.05, 0.1) is 16.0 Å². The highest BCUT2D eigenvalue weighted by molar-refractivity contribution is 7.16. The molecule has 0 fully saturated rings. The Morgan fingerprint density at radius 3 is 2.64 bits per heavy atom. The van der Waals surface area contributed by atoms with Crippen LogP contribution in [0, 0.1) is 11.3 Å². The molecule has 1 atom stereocenters. The number of thiophene rings is 1. The van der Waals surface area contributed by atoms with Crippen LogP contribution in [0.3, 0.4) is 0 Å². The van der Waals surface area contributed by atoms with E-state index in [0.29, 0.717) is 17.1 Å². The van der Waals surface area contributed by atoms with E-state index in [-0.39, 0.29) is 23.0 Å². The maximum Gasteiger partial charge on any atom is 0.280 e. The molecule has 2 aromatic rings. The lowest BCUT2D eigenvalue weighted by atomic mass is 9.81. The highest BCUT2D eigenvalue weighted by Gasteiger charge is 2.44. The fourth-order valence-corrected chi connectivity index (χ4v) is 5.52. The van der Waals surface area contributed by atoms with Crippen molar-refractivity contribution in [3.8, 4) is 6.07 Å². The van der Waals surface area contributed by atoms with Crippen molar-refractivity contribution in [1.82, 2.24) is 0 Å². The molecule has 0 unspecified atom stereocenters. The third kappa shape index (κ3) is 4.27. The number of amides is 1. The number of nitrogens with one attached hydrogen (secondary N) is 1. The monoisotopic (exact) mass is 398 g/mol. The van der Waals surface area contributed by atoms with E-state index in [4.69, 9.17) is 0 Å². The highest BCUT2D eigenvalue weighted by atomic mass is 32.1. The average molecular weight is 399 g/mol. The number of carbonyl (C=O) groups excluding carboxylic acids is 1. The Balaban J connectivity index is 1.74. The first kappa shape index (κ1) is 20.5. The Labute approximate surface area is 171 Å². The number of hydrogen-bond donors (Lipinski definition) is 3. The molecule has 0 bridgehead atoms. The molecule has 28 heavy (non-hydrogen) atoms. The van der Waals surface area contributed by atoms with Crippen molar-refractivity contribution in [3.63, 3.8) is 0 Å². The van der Waals surface area contributed by atoms with Crippen LogP contribution in [0.5, 0.6) is 0 Å². The lowest BCUT2D eigenvalue weighted by Crippen LogP contribution is -3.03. The van der Waals surface area contributed by atoms with E-state index in [2.05, 4.69) is 63.5 Å². The van der Waals surface area contributed by atoms with Gasteiger partial charge in [0, 0.05) is 12.0 Å². The minimum atomic E-state index is -0.107. The number of benzene rings is 1. The van der Waals surface area contributed by atoms with Gasteiger partial charge >= 0.3 is 0 Å². The van der Waals surface area contributed by atoms with Crippen LogP contribution in [0.2, 0.25) is 0 Å². The number of fused-ring (bicyclic) bond motifs is 1. The smallest absolute Gasteiger partial charge is 0.280 e. The predicted octanol–water partition coefficient (Wildman–Crippen LogP) is 2.02. The number of anilines is 1. The van der Waals surface area contributed by atoms with E-state index in [1.54, 1.807) is 11.3 Å². The van der Waals surface area contributed by atoms with Crippen molar-refractivity contribution in [2.24, 2.45) is 0 Å². The Kier molecular flexibility index (Phi) is 5.62. The molecule has 148 valence electrons. The molecule has 1 aromatic heterocycles. The Morgan fingerprint density at radius 2 is 2.00 bits per heavy atom. The first-order valence-corrected chi connectivity index (χ1v) is 10.6. The second-order valence-corrected chi connectivity index (χ2v) is 9.97. The summed E-state index contributed by atoms with van der Waals surface area (Å²) in [5.41, 5.74) is 2.85. The van der Waals surface area contributed by atoms with Gasteiger partial charge in [-0.05, 0) is 40.2 Å². The van der Waals surface area contributed by atoms with Crippen LogP contribution in [0.1, 0.15) is 62.2 Å². The molecule has 1 aliphatic rings. The molecule has 3 rings (SSSR count). The van der Waals surface area contributed by atoms with Crippen LogP contribution in [0.15, 0.2) is 30.3 Å². The predicted molar refractivity (Wildman–Crippen MR) is 112 cm³/mol. The number of rotatable bonds is 5. The number of nitriles is 1. The summed E-state index contributed by atoms with van der Waals surface area (Å²) >= 11 is 1.55. The quantitative estimate of drug-likeness (QED) is 0.720. The van der Waals surface area contributed by atoms with Crippen LogP contribution in [-0.4, -0.2) is 18.0 Å². The van der Waals surface area contributed by atoms with Crippen molar-refractivity contribution in [3.05, 3.63) is 51.9 Å². The summed E-state index contributed by atoms with van der Waals surface area (Å²) < 4.78 is 0. The SMILES string of the molecule is C[C@H]([NH2+]CC(=O)Nc1sc2c(c1C#N)CC(C)(C)[NH2+]C2(C)C)c1ccccc1. The fraction of sp³-hybridized carbons (Fsp3) is 0.455. The summed E-state index contributed by atoms with van der Waals surface area (Å²) in [7, 11) is 0. The van der Waals surface area contributed by atoms with E-state index >= 15 is 0 Å². The largest absolute Gasteiger partial charge is 0.333 e. The second kappa shape index (κ2) is 7.67. The van der Waals surface area contributed by atoms with Crippen LogP contribution in [-0.2, 0) is 16.8 Å². The lowest BCUT2D eigenvalue weighted by Gasteiger charge is -2.38. The first-order chi connectivity index (χ1) is 13.1. The van der Waals surface area contributed by atoms with Gasteiger partial charge in [0.2, 0.25) is 0 Å². The van der Waals surface area contributed by atoms with Gasteiger partial charge in [0.15, 0.2) is 6.54 Å². The van der Waals surface area contributed by atoms with Gasteiger partial charge in [-0.2, -0.15) is 5.26 Å². The molecule has 2 heterocycles. The summed E-state index contributed by atoms with van der Waals surface area (Å²) in [6.07, 6.45) is 0.832. The van der Waals surface area contributed by atoms with Crippen LogP contribution < -0.4 is 16.0 Å². The molecule has 1 aliphatic heterocycles. The Morgan fingerprint density at radius 1 is 1.32 bits per heavy atom. The average Bonchev–Trinajstić information content (AvgIpc) is 2.96. The molecular weight excluding hydrogens is 368 g/mol. The van der Waals surface area contributed by atoms with Crippen LogP contribution in [0.25, 0.3) is 0 Å². The van der Waals surface area contributed by atoms with Gasteiger partial charge in [-0.15, -0.1) is 11.3 Å². The molecule has 5 nitrogen and oxygen atoms in total. The Bertz CT molecular complexity index is 909.